The van der Waals surface area contributed by atoms with Gasteiger partial charge in [-0.2, -0.15) is 0 Å². The van der Waals surface area contributed by atoms with Crippen LogP contribution in [0.25, 0.3) is 0 Å². The first-order chi connectivity index (χ1) is 14.1. The highest BCUT2D eigenvalue weighted by Crippen LogP contribution is 2.65. The van der Waals surface area contributed by atoms with E-state index in [1.165, 1.54) is 14.0 Å². The maximum atomic E-state index is 12.1. The quantitative estimate of drug-likeness (QED) is 0.327. The molecule has 0 amide bonds. The lowest BCUT2D eigenvalue weighted by atomic mass is 9.42. The van der Waals surface area contributed by atoms with Gasteiger partial charge >= 0.3 is 11.9 Å². The van der Waals surface area contributed by atoms with Crippen LogP contribution < -0.4 is 0 Å². The number of rotatable bonds is 8. The minimum absolute atomic E-state index is 0.00227. The van der Waals surface area contributed by atoms with Crippen molar-refractivity contribution in [2.45, 2.75) is 97.1 Å². The highest BCUT2D eigenvalue weighted by molar-refractivity contribution is 6.74. The number of ether oxygens (including phenoxy) is 2. The molecule has 5 atom stereocenters. The van der Waals surface area contributed by atoms with Gasteiger partial charge in [-0.15, -0.1) is 0 Å². The second-order valence-corrected chi connectivity index (χ2v) is 16.1. The molecule has 0 aromatic rings. The predicted octanol–water partition coefficient (Wildman–Crippen LogP) is 4.62. The Morgan fingerprint density at radius 1 is 1.26 bits per heavy atom. The van der Waals surface area contributed by atoms with Gasteiger partial charge in [-0.05, 0) is 75.6 Å². The number of methoxy groups -OCH3 is 1. The van der Waals surface area contributed by atoms with Crippen molar-refractivity contribution < 1.29 is 28.6 Å². The van der Waals surface area contributed by atoms with E-state index in [-0.39, 0.29) is 41.0 Å². The van der Waals surface area contributed by atoms with E-state index in [1.807, 2.05) is 13.0 Å². The molecular weight excluding hydrogens is 412 g/mol. The molecule has 0 saturated heterocycles. The zero-order valence-electron chi connectivity index (χ0n) is 20.8. The number of aliphatic hydroxyl groups is 1. The first-order valence-electron chi connectivity index (χ1n) is 11.4. The molecule has 3 aliphatic rings. The Morgan fingerprint density at radius 3 is 2.32 bits per heavy atom. The molecule has 0 aromatic heterocycles. The molecule has 1 N–H and O–H groups in total. The van der Waals surface area contributed by atoms with Crippen LogP contribution in [0.15, 0.2) is 11.6 Å². The molecule has 2 bridgehead atoms. The van der Waals surface area contributed by atoms with E-state index >= 15 is 0 Å². The van der Waals surface area contributed by atoms with E-state index in [4.69, 9.17) is 13.9 Å². The molecule has 6 nitrogen and oxygen atoms in total. The molecule has 7 heteroatoms. The molecule has 0 aliphatic heterocycles. The van der Waals surface area contributed by atoms with Crippen LogP contribution in [0.1, 0.15) is 67.2 Å². The summed E-state index contributed by atoms with van der Waals surface area (Å²) in [7, 11) is -0.778. The summed E-state index contributed by atoms with van der Waals surface area (Å²) >= 11 is 0. The van der Waals surface area contributed by atoms with E-state index in [1.54, 1.807) is 6.92 Å². The van der Waals surface area contributed by atoms with Crippen LogP contribution in [0.4, 0.5) is 0 Å². The number of hydrogen-bond donors (Lipinski definition) is 1. The molecule has 3 saturated carbocycles. The van der Waals surface area contributed by atoms with E-state index in [0.29, 0.717) is 17.9 Å². The van der Waals surface area contributed by atoms with Crippen molar-refractivity contribution in [2.24, 2.45) is 17.3 Å². The van der Waals surface area contributed by atoms with Crippen LogP contribution in [-0.4, -0.2) is 50.8 Å². The zero-order chi connectivity index (χ0) is 23.8. The van der Waals surface area contributed by atoms with E-state index in [0.717, 1.165) is 19.3 Å². The molecule has 0 radical (unpaired) electrons. The van der Waals surface area contributed by atoms with Crippen molar-refractivity contribution in [1.82, 2.24) is 0 Å². The summed E-state index contributed by atoms with van der Waals surface area (Å²) in [5.41, 5.74) is -0.643. The summed E-state index contributed by atoms with van der Waals surface area (Å²) in [5, 5.41) is 11.1. The van der Waals surface area contributed by atoms with Gasteiger partial charge in [0, 0.05) is 17.9 Å². The Kier molecular flexibility index (Phi) is 7.56. The van der Waals surface area contributed by atoms with Crippen LogP contribution in [-0.2, 0) is 23.5 Å². The lowest BCUT2D eigenvalue weighted by Crippen LogP contribution is -2.65. The predicted molar refractivity (Wildman–Crippen MR) is 123 cm³/mol. The fraction of sp³-hybridized carbons (Fsp3) is 0.833. The van der Waals surface area contributed by atoms with Crippen molar-refractivity contribution in [1.29, 1.82) is 0 Å². The average molecular weight is 455 g/mol. The summed E-state index contributed by atoms with van der Waals surface area (Å²) in [4.78, 5) is 23.8. The van der Waals surface area contributed by atoms with Gasteiger partial charge < -0.3 is 19.0 Å². The minimum atomic E-state index is -2.15. The zero-order valence-corrected chi connectivity index (χ0v) is 21.8. The molecule has 3 rings (SSSR count). The molecule has 31 heavy (non-hydrogen) atoms. The van der Waals surface area contributed by atoms with Gasteiger partial charge in [0.2, 0.25) is 0 Å². The SMILES string of the molecule is COC(=O)/C(C)=C/[C@H](C[C@]1(COC(C)=O)[C@H]2CC[C@@](C)(O)[C@@H]1C2)O[Si](C)(C)C(C)(C)C. The molecule has 3 aliphatic carbocycles. The van der Waals surface area contributed by atoms with Crippen molar-refractivity contribution in [3.05, 3.63) is 11.6 Å². The van der Waals surface area contributed by atoms with Crippen LogP contribution in [0.5, 0.6) is 0 Å². The fourth-order valence-electron chi connectivity index (χ4n) is 5.19. The second-order valence-electron chi connectivity index (χ2n) is 11.4. The summed E-state index contributed by atoms with van der Waals surface area (Å²) < 4.78 is 17.2. The lowest BCUT2D eigenvalue weighted by Gasteiger charge is -2.65. The molecule has 3 fully saturated rings. The topological polar surface area (TPSA) is 82.1 Å². The average Bonchev–Trinajstić information content (AvgIpc) is 2.61. The van der Waals surface area contributed by atoms with E-state index in [2.05, 4.69) is 33.9 Å². The molecule has 178 valence electrons. The summed E-state index contributed by atoms with van der Waals surface area (Å²) in [5.74, 6) is -0.282. The smallest absolute Gasteiger partial charge is 0.333 e. The standard InChI is InChI=1S/C24H42O6Si/c1-16(21(26)28-7)12-19(30-31(8,9)22(3,4)5)14-24(15-29-17(2)25)18-10-11-23(6,27)20(24)13-18/h12,18-20,27H,10-11,13-15H2,1-9H3/b16-12+/t18-,19+,20-,23+,24-/m0/s1. The number of carbonyl (C=O) groups excluding carboxylic acids is 2. The summed E-state index contributed by atoms with van der Waals surface area (Å²) in [6.45, 7) is 16.3. The van der Waals surface area contributed by atoms with Gasteiger partial charge in [-0.1, -0.05) is 20.8 Å². The Balaban J connectivity index is 2.43. The molecule has 0 spiro atoms. The van der Waals surface area contributed by atoms with Crippen molar-refractivity contribution in [2.75, 3.05) is 13.7 Å². The van der Waals surface area contributed by atoms with Crippen LogP contribution >= 0.6 is 0 Å². The maximum Gasteiger partial charge on any atom is 0.333 e. The molecule has 0 aromatic carbocycles. The lowest BCUT2D eigenvalue weighted by molar-refractivity contribution is -0.236. The highest BCUT2D eigenvalue weighted by Gasteiger charge is 2.64. The third-order valence-corrected chi connectivity index (χ3v) is 12.6. The fourth-order valence-corrected chi connectivity index (χ4v) is 6.45. The first kappa shape index (κ1) is 26.1. The van der Waals surface area contributed by atoms with Gasteiger partial charge in [-0.3, -0.25) is 4.79 Å². The van der Waals surface area contributed by atoms with Gasteiger partial charge in [0.1, 0.15) is 0 Å². The van der Waals surface area contributed by atoms with Crippen LogP contribution in [0.2, 0.25) is 18.1 Å². The van der Waals surface area contributed by atoms with Crippen molar-refractivity contribution >= 4 is 20.3 Å². The molecular formula is C24H42O6Si. The Morgan fingerprint density at radius 2 is 1.87 bits per heavy atom. The van der Waals surface area contributed by atoms with E-state index < -0.39 is 13.9 Å². The maximum absolute atomic E-state index is 12.1. The normalized spacial score (nSPS) is 32.1. The number of carbonyl (C=O) groups is 2. The third-order valence-electron chi connectivity index (χ3n) is 8.10. The number of hydrogen-bond acceptors (Lipinski definition) is 6. The van der Waals surface area contributed by atoms with Crippen molar-refractivity contribution in [3.8, 4) is 0 Å². The third kappa shape index (κ3) is 5.42. The van der Waals surface area contributed by atoms with Gasteiger partial charge in [0.25, 0.3) is 0 Å². The summed E-state index contributed by atoms with van der Waals surface area (Å²) in [6.07, 6.45) is 4.74. The summed E-state index contributed by atoms with van der Waals surface area (Å²) in [6, 6.07) is 0. The van der Waals surface area contributed by atoms with Crippen LogP contribution in [0.3, 0.4) is 0 Å². The van der Waals surface area contributed by atoms with E-state index in [9.17, 15) is 14.7 Å². The monoisotopic (exact) mass is 454 g/mol. The Bertz CT molecular complexity index is 718. The minimum Gasteiger partial charge on any atom is -0.466 e. The first-order valence-corrected chi connectivity index (χ1v) is 14.3. The van der Waals surface area contributed by atoms with Gasteiger partial charge in [-0.25, -0.2) is 4.79 Å². The second kappa shape index (κ2) is 8.98. The van der Waals surface area contributed by atoms with Crippen molar-refractivity contribution in [3.63, 3.8) is 0 Å². The Hall–Kier alpha value is -1.18. The van der Waals surface area contributed by atoms with Gasteiger partial charge in [0.15, 0.2) is 8.32 Å². The largest absolute Gasteiger partial charge is 0.466 e. The number of esters is 2. The molecule has 0 unspecified atom stereocenters. The van der Waals surface area contributed by atoms with Crippen LogP contribution in [0, 0.1) is 17.3 Å². The number of fused-ring (bicyclic) bond motifs is 2. The van der Waals surface area contributed by atoms with Gasteiger partial charge in [0.05, 0.1) is 25.4 Å². The Labute approximate surface area is 188 Å². The highest BCUT2D eigenvalue weighted by atomic mass is 28.4. The molecule has 0 heterocycles.